The van der Waals surface area contributed by atoms with Gasteiger partial charge in [-0.25, -0.2) is 4.31 Å². The van der Waals surface area contributed by atoms with Crippen molar-refractivity contribution in [1.29, 1.82) is 0 Å². The molecule has 20 heavy (non-hydrogen) atoms. The molecule has 1 saturated heterocycles. The van der Waals surface area contributed by atoms with E-state index in [0.717, 1.165) is 25.7 Å². The minimum absolute atomic E-state index is 0.329. The van der Waals surface area contributed by atoms with Gasteiger partial charge in [-0.3, -0.25) is 17.8 Å². The molecule has 0 radical (unpaired) electrons. The van der Waals surface area contributed by atoms with Crippen LogP contribution in [0.3, 0.4) is 0 Å². The van der Waals surface area contributed by atoms with Crippen LogP contribution in [0.25, 0.3) is 0 Å². The molecule has 0 spiro atoms. The van der Waals surface area contributed by atoms with Crippen molar-refractivity contribution >= 4 is 24.2 Å². The Bertz CT molecular complexity index is 349. The molecule has 1 aliphatic rings. The largest absolute Gasteiger partial charge is 0.342 e. The van der Waals surface area contributed by atoms with Crippen LogP contribution in [0.1, 0.15) is 53.4 Å². The average Bonchev–Trinajstić information content (AvgIpc) is 2.26. The van der Waals surface area contributed by atoms with E-state index < -0.39 is 24.2 Å². The van der Waals surface area contributed by atoms with Crippen LogP contribution in [-0.2, 0) is 22.1 Å². The van der Waals surface area contributed by atoms with Crippen molar-refractivity contribution in [3.63, 3.8) is 0 Å². The summed E-state index contributed by atoms with van der Waals surface area (Å²) in [7, 11) is -6.90. The summed E-state index contributed by atoms with van der Waals surface area (Å²) in [5, 5.41) is 0. The van der Waals surface area contributed by atoms with Gasteiger partial charge in [0.05, 0.1) is 12.3 Å². The fraction of sp³-hybridized carbons (Fsp3) is 1.00. The predicted molar refractivity (Wildman–Crippen MR) is 84.7 cm³/mol. The van der Waals surface area contributed by atoms with E-state index in [0.29, 0.717) is 24.2 Å². The van der Waals surface area contributed by atoms with Gasteiger partial charge in [0, 0.05) is 0 Å². The highest BCUT2D eigenvalue weighted by Crippen LogP contribution is 2.74. The minimum atomic E-state index is -3.23. The van der Waals surface area contributed by atoms with E-state index in [1.165, 1.54) is 0 Å². The van der Waals surface area contributed by atoms with Gasteiger partial charge in [0.15, 0.2) is 9.03 Å². The molecule has 120 valence electrons. The molecule has 0 amide bonds. The molecular formula is C12H27O5P3. The van der Waals surface area contributed by atoms with Gasteiger partial charge in [-0.1, -0.05) is 40.5 Å². The van der Waals surface area contributed by atoms with Crippen LogP contribution in [0.15, 0.2) is 0 Å². The zero-order valence-electron chi connectivity index (χ0n) is 12.8. The fourth-order valence-electron chi connectivity index (χ4n) is 1.91. The van der Waals surface area contributed by atoms with Crippen molar-refractivity contribution in [2.45, 2.75) is 53.4 Å². The van der Waals surface area contributed by atoms with Crippen LogP contribution in [0.2, 0.25) is 0 Å². The Labute approximate surface area is 124 Å². The summed E-state index contributed by atoms with van der Waals surface area (Å²) in [6.45, 7) is 8.45. The standard InChI is InChI=1S/C12H27O5P3/c1-11(2)7-5-9-19(13)15-18-16-20(14,17-19)10-6-8-12(3)4/h11-12,18H,5-10H2,1-4H3. The highest BCUT2D eigenvalue weighted by atomic mass is 31.3. The Balaban J connectivity index is 2.47. The highest BCUT2D eigenvalue weighted by Gasteiger charge is 2.41. The number of hydrogen-bond donors (Lipinski definition) is 0. The smallest absolute Gasteiger partial charge is 0.259 e. The second kappa shape index (κ2) is 8.42. The van der Waals surface area contributed by atoms with Crippen LogP contribution in [0.4, 0.5) is 0 Å². The summed E-state index contributed by atoms with van der Waals surface area (Å²) >= 11 is 0. The summed E-state index contributed by atoms with van der Waals surface area (Å²) in [5.41, 5.74) is 0. The second-order valence-corrected chi connectivity index (χ2v) is 11.7. The second-order valence-electron chi connectivity index (χ2n) is 6.09. The first-order valence-electron chi connectivity index (χ1n) is 7.26. The maximum atomic E-state index is 12.4. The van der Waals surface area contributed by atoms with Crippen LogP contribution < -0.4 is 0 Å². The molecule has 0 N–H and O–H groups in total. The molecule has 0 saturated carbocycles. The van der Waals surface area contributed by atoms with E-state index in [-0.39, 0.29) is 0 Å². The van der Waals surface area contributed by atoms with Crippen LogP contribution in [0, 0.1) is 11.8 Å². The molecule has 1 heterocycles. The van der Waals surface area contributed by atoms with Crippen LogP contribution >= 0.6 is 24.2 Å². The maximum Gasteiger partial charge on any atom is 0.342 e. The van der Waals surface area contributed by atoms with Crippen molar-refractivity contribution in [2.75, 3.05) is 12.3 Å². The summed E-state index contributed by atoms with van der Waals surface area (Å²) in [6.07, 6.45) is 4.08. The zero-order chi connectivity index (χ0) is 15.2. The van der Waals surface area contributed by atoms with Gasteiger partial charge in [-0.05, 0) is 24.7 Å². The van der Waals surface area contributed by atoms with Crippen molar-refractivity contribution in [3.05, 3.63) is 0 Å². The minimum Gasteiger partial charge on any atom is -0.259 e. The summed E-state index contributed by atoms with van der Waals surface area (Å²) in [5.74, 6) is 1.09. The van der Waals surface area contributed by atoms with E-state index in [4.69, 9.17) is 12.9 Å². The van der Waals surface area contributed by atoms with Gasteiger partial charge in [-0.2, -0.15) is 0 Å². The quantitative estimate of drug-likeness (QED) is 0.519. The van der Waals surface area contributed by atoms with Crippen LogP contribution in [0.5, 0.6) is 0 Å². The molecule has 1 rings (SSSR count). The lowest BCUT2D eigenvalue weighted by atomic mass is 10.1. The lowest BCUT2D eigenvalue weighted by Gasteiger charge is -2.29. The summed E-state index contributed by atoms with van der Waals surface area (Å²) in [4.78, 5) is 0. The third-order valence-corrected chi connectivity index (χ3v) is 9.57. The van der Waals surface area contributed by atoms with E-state index in [1.807, 2.05) is 0 Å². The van der Waals surface area contributed by atoms with Gasteiger partial charge in [0.25, 0.3) is 0 Å². The molecule has 2 atom stereocenters. The van der Waals surface area contributed by atoms with E-state index >= 15 is 0 Å². The van der Waals surface area contributed by atoms with E-state index in [1.54, 1.807) is 0 Å². The average molecular weight is 344 g/mol. The van der Waals surface area contributed by atoms with Gasteiger partial charge < -0.3 is 0 Å². The fourth-order valence-corrected chi connectivity index (χ4v) is 8.16. The Morgan fingerprint density at radius 2 is 1.25 bits per heavy atom. The summed E-state index contributed by atoms with van der Waals surface area (Å²) in [6, 6.07) is 0. The third-order valence-electron chi connectivity index (χ3n) is 3.03. The number of hydrogen-bond acceptors (Lipinski definition) is 5. The molecule has 5 nitrogen and oxygen atoms in total. The Kier molecular flexibility index (Phi) is 7.92. The van der Waals surface area contributed by atoms with Crippen molar-refractivity contribution in [1.82, 2.24) is 0 Å². The normalized spacial score (nSPS) is 32.3. The lowest BCUT2D eigenvalue weighted by Crippen LogP contribution is -2.05. The Morgan fingerprint density at radius 3 is 1.60 bits per heavy atom. The molecule has 0 aromatic rings. The van der Waals surface area contributed by atoms with Crippen LogP contribution in [-0.4, -0.2) is 12.3 Å². The Hall–Kier alpha value is 0.770. The molecule has 1 aliphatic heterocycles. The van der Waals surface area contributed by atoms with Gasteiger partial charge >= 0.3 is 15.2 Å². The predicted octanol–water partition coefficient (Wildman–Crippen LogP) is 5.82. The molecule has 0 bridgehead atoms. The van der Waals surface area contributed by atoms with Crippen molar-refractivity contribution in [3.8, 4) is 0 Å². The lowest BCUT2D eigenvalue weighted by molar-refractivity contribution is 0.315. The van der Waals surface area contributed by atoms with E-state index in [9.17, 15) is 9.13 Å². The van der Waals surface area contributed by atoms with Gasteiger partial charge in [0.2, 0.25) is 0 Å². The molecular weight excluding hydrogens is 317 g/mol. The Morgan fingerprint density at radius 1 is 0.850 bits per heavy atom. The van der Waals surface area contributed by atoms with E-state index in [2.05, 4.69) is 27.7 Å². The monoisotopic (exact) mass is 344 g/mol. The molecule has 0 aromatic heterocycles. The van der Waals surface area contributed by atoms with Crippen molar-refractivity contribution in [2.24, 2.45) is 11.8 Å². The number of rotatable bonds is 8. The van der Waals surface area contributed by atoms with Gasteiger partial charge in [0.1, 0.15) is 0 Å². The van der Waals surface area contributed by atoms with Gasteiger partial charge in [-0.15, -0.1) is 0 Å². The maximum absolute atomic E-state index is 12.4. The molecule has 0 aliphatic carbocycles. The molecule has 1 fully saturated rings. The highest BCUT2D eigenvalue weighted by molar-refractivity contribution is 7.74. The zero-order valence-corrected chi connectivity index (χ0v) is 15.6. The van der Waals surface area contributed by atoms with Crippen molar-refractivity contribution < 1.29 is 22.1 Å². The summed E-state index contributed by atoms with van der Waals surface area (Å²) < 4.78 is 40.4. The SMILES string of the molecule is CC(C)CCCP1(=O)OPOP(=O)(CCCC(C)C)O1. The topological polar surface area (TPSA) is 61.8 Å². The molecule has 2 unspecified atom stereocenters. The first-order valence-corrected chi connectivity index (χ1v) is 11.5. The molecule has 8 heteroatoms. The first kappa shape index (κ1) is 18.8. The molecule has 0 aromatic carbocycles. The first-order chi connectivity index (χ1) is 9.25. The third kappa shape index (κ3) is 7.16.